The molecule has 0 aliphatic rings. The van der Waals surface area contributed by atoms with Crippen LogP contribution in [-0.4, -0.2) is 44.1 Å². The Hall–Kier alpha value is -3.54. The zero-order chi connectivity index (χ0) is 21.5. The molecule has 1 amide bonds. The SMILES string of the molecule is CCN(Cc1ccc(OC)c(OC)c1)C(=O)COC(=O)c1ccc2ccccc2c1. The summed E-state index contributed by atoms with van der Waals surface area (Å²) in [6.07, 6.45) is 0. The number of hydrogen-bond acceptors (Lipinski definition) is 5. The standard InChI is InChI=1S/C24H25NO5/c1-4-25(15-17-9-12-21(28-2)22(13-17)29-3)23(26)16-30-24(27)20-11-10-18-7-5-6-8-19(18)14-20/h5-14H,4,15-16H2,1-3H3. The quantitative estimate of drug-likeness (QED) is 0.527. The molecule has 6 heteroatoms. The number of carbonyl (C=O) groups excluding carboxylic acids is 2. The number of likely N-dealkylation sites (N-methyl/N-ethyl adjacent to an activating group) is 1. The predicted octanol–water partition coefficient (Wildman–Crippen LogP) is 4.06. The highest BCUT2D eigenvalue weighted by Gasteiger charge is 2.17. The largest absolute Gasteiger partial charge is 0.493 e. The lowest BCUT2D eigenvalue weighted by Crippen LogP contribution is -2.34. The molecule has 6 nitrogen and oxygen atoms in total. The van der Waals surface area contributed by atoms with Crippen molar-refractivity contribution in [3.8, 4) is 11.5 Å². The van der Waals surface area contributed by atoms with E-state index >= 15 is 0 Å². The van der Waals surface area contributed by atoms with Gasteiger partial charge < -0.3 is 19.1 Å². The molecular weight excluding hydrogens is 382 g/mol. The smallest absolute Gasteiger partial charge is 0.338 e. The van der Waals surface area contributed by atoms with E-state index in [0.717, 1.165) is 16.3 Å². The van der Waals surface area contributed by atoms with E-state index in [1.54, 1.807) is 37.3 Å². The molecule has 0 spiro atoms. The van der Waals surface area contributed by atoms with Gasteiger partial charge in [-0.2, -0.15) is 0 Å². The Morgan fingerprint density at radius 2 is 1.60 bits per heavy atom. The summed E-state index contributed by atoms with van der Waals surface area (Å²) >= 11 is 0. The van der Waals surface area contributed by atoms with E-state index in [0.29, 0.717) is 30.2 Å². The van der Waals surface area contributed by atoms with Crippen LogP contribution in [0.3, 0.4) is 0 Å². The first-order valence-electron chi connectivity index (χ1n) is 9.70. The molecule has 0 saturated heterocycles. The zero-order valence-electron chi connectivity index (χ0n) is 17.4. The summed E-state index contributed by atoms with van der Waals surface area (Å²) in [6.45, 7) is 2.43. The van der Waals surface area contributed by atoms with E-state index in [4.69, 9.17) is 14.2 Å². The molecule has 0 unspecified atom stereocenters. The highest BCUT2D eigenvalue weighted by molar-refractivity contribution is 5.96. The Labute approximate surface area is 176 Å². The van der Waals surface area contributed by atoms with Gasteiger partial charge in [-0.05, 0) is 47.5 Å². The van der Waals surface area contributed by atoms with Crippen molar-refractivity contribution in [2.45, 2.75) is 13.5 Å². The Morgan fingerprint density at radius 3 is 2.30 bits per heavy atom. The Bertz CT molecular complexity index is 1050. The van der Waals surface area contributed by atoms with Crippen LogP contribution in [0.5, 0.6) is 11.5 Å². The third kappa shape index (κ3) is 4.89. The van der Waals surface area contributed by atoms with Crippen molar-refractivity contribution < 1.29 is 23.8 Å². The molecule has 3 rings (SSSR count). The van der Waals surface area contributed by atoms with Crippen LogP contribution in [0.1, 0.15) is 22.8 Å². The molecule has 3 aromatic carbocycles. The summed E-state index contributed by atoms with van der Waals surface area (Å²) in [4.78, 5) is 26.6. The average molecular weight is 407 g/mol. The van der Waals surface area contributed by atoms with E-state index in [9.17, 15) is 9.59 Å². The van der Waals surface area contributed by atoms with Gasteiger partial charge in [0.05, 0.1) is 19.8 Å². The fourth-order valence-corrected chi connectivity index (χ4v) is 3.19. The first-order chi connectivity index (χ1) is 14.5. The van der Waals surface area contributed by atoms with Crippen molar-refractivity contribution in [3.05, 3.63) is 71.8 Å². The van der Waals surface area contributed by atoms with E-state index in [-0.39, 0.29) is 12.5 Å². The lowest BCUT2D eigenvalue weighted by molar-refractivity contribution is -0.134. The fourth-order valence-electron chi connectivity index (χ4n) is 3.19. The van der Waals surface area contributed by atoms with Gasteiger partial charge in [0, 0.05) is 13.1 Å². The number of nitrogens with zero attached hydrogens (tertiary/aromatic N) is 1. The van der Waals surface area contributed by atoms with Crippen molar-refractivity contribution in [2.75, 3.05) is 27.4 Å². The van der Waals surface area contributed by atoms with Crippen LogP contribution in [0.25, 0.3) is 10.8 Å². The summed E-state index contributed by atoms with van der Waals surface area (Å²) in [5.74, 6) is 0.443. The van der Waals surface area contributed by atoms with Crippen LogP contribution in [-0.2, 0) is 16.1 Å². The number of carbonyl (C=O) groups is 2. The van der Waals surface area contributed by atoms with Gasteiger partial charge in [0.25, 0.3) is 5.91 Å². The topological polar surface area (TPSA) is 65.1 Å². The van der Waals surface area contributed by atoms with Gasteiger partial charge >= 0.3 is 5.97 Å². The molecule has 0 radical (unpaired) electrons. The highest BCUT2D eigenvalue weighted by Crippen LogP contribution is 2.28. The average Bonchev–Trinajstić information content (AvgIpc) is 2.80. The summed E-state index contributed by atoms with van der Waals surface area (Å²) in [7, 11) is 3.14. The maximum absolute atomic E-state index is 12.6. The lowest BCUT2D eigenvalue weighted by Gasteiger charge is -2.21. The molecule has 30 heavy (non-hydrogen) atoms. The number of rotatable bonds is 8. The van der Waals surface area contributed by atoms with E-state index in [1.165, 1.54) is 0 Å². The zero-order valence-corrected chi connectivity index (χ0v) is 17.4. The summed E-state index contributed by atoms with van der Waals surface area (Å²) in [6, 6.07) is 18.6. The summed E-state index contributed by atoms with van der Waals surface area (Å²) < 4.78 is 15.8. The lowest BCUT2D eigenvalue weighted by atomic mass is 10.1. The van der Waals surface area contributed by atoms with Gasteiger partial charge in [0.1, 0.15) is 0 Å². The Kier molecular flexibility index (Phi) is 6.91. The van der Waals surface area contributed by atoms with Gasteiger partial charge in [-0.15, -0.1) is 0 Å². The molecule has 0 aliphatic carbocycles. The maximum Gasteiger partial charge on any atom is 0.338 e. The van der Waals surface area contributed by atoms with Gasteiger partial charge in [0.2, 0.25) is 0 Å². The number of benzene rings is 3. The van der Waals surface area contributed by atoms with Gasteiger partial charge in [-0.25, -0.2) is 4.79 Å². The second-order valence-corrected chi connectivity index (χ2v) is 6.74. The van der Waals surface area contributed by atoms with Crippen molar-refractivity contribution >= 4 is 22.6 Å². The fraction of sp³-hybridized carbons (Fsp3) is 0.250. The minimum atomic E-state index is -0.517. The highest BCUT2D eigenvalue weighted by atomic mass is 16.5. The molecule has 0 atom stereocenters. The molecule has 0 N–H and O–H groups in total. The van der Waals surface area contributed by atoms with E-state index in [2.05, 4.69) is 0 Å². The van der Waals surface area contributed by atoms with Gasteiger partial charge in [0.15, 0.2) is 18.1 Å². The van der Waals surface area contributed by atoms with E-state index in [1.807, 2.05) is 49.4 Å². The number of methoxy groups -OCH3 is 2. The van der Waals surface area contributed by atoms with Crippen LogP contribution in [0.4, 0.5) is 0 Å². The van der Waals surface area contributed by atoms with Crippen molar-refractivity contribution in [2.24, 2.45) is 0 Å². The van der Waals surface area contributed by atoms with Gasteiger partial charge in [-0.1, -0.05) is 36.4 Å². The minimum Gasteiger partial charge on any atom is -0.493 e. The van der Waals surface area contributed by atoms with Crippen LogP contribution < -0.4 is 9.47 Å². The monoisotopic (exact) mass is 407 g/mol. The molecule has 156 valence electrons. The second-order valence-electron chi connectivity index (χ2n) is 6.74. The van der Waals surface area contributed by atoms with Crippen molar-refractivity contribution in [3.63, 3.8) is 0 Å². The minimum absolute atomic E-state index is 0.263. The molecular formula is C24H25NO5. The normalized spacial score (nSPS) is 10.5. The second kappa shape index (κ2) is 9.78. The molecule has 3 aromatic rings. The number of amides is 1. The third-order valence-corrected chi connectivity index (χ3v) is 4.87. The summed E-state index contributed by atoms with van der Waals surface area (Å²) in [5, 5.41) is 1.99. The first kappa shape index (κ1) is 21.2. The van der Waals surface area contributed by atoms with Crippen LogP contribution in [0.2, 0.25) is 0 Å². The number of fused-ring (bicyclic) bond motifs is 1. The van der Waals surface area contributed by atoms with Crippen molar-refractivity contribution in [1.82, 2.24) is 4.90 Å². The number of ether oxygens (including phenoxy) is 3. The molecule has 0 saturated carbocycles. The molecule has 0 aliphatic heterocycles. The van der Waals surface area contributed by atoms with Crippen LogP contribution >= 0.6 is 0 Å². The first-order valence-corrected chi connectivity index (χ1v) is 9.70. The Morgan fingerprint density at radius 1 is 0.867 bits per heavy atom. The van der Waals surface area contributed by atoms with Crippen LogP contribution in [0, 0.1) is 0 Å². The molecule has 0 bridgehead atoms. The van der Waals surface area contributed by atoms with E-state index < -0.39 is 5.97 Å². The number of hydrogen-bond donors (Lipinski definition) is 0. The third-order valence-electron chi connectivity index (χ3n) is 4.87. The van der Waals surface area contributed by atoms with Crippen molar-refractivity contribution in [1.29, 1.82) is 0 Å². The maximum atomic E-state index is 12.6. The van der Waals surface area contributed by atoms with Crippen LogP contribution in [0.15, 0.2) is 60.7 Å². The Balaban J connectivity index is 1.62. The molecule has 0 fully saturated rings. The van der Waals surface area contributed by atoms with Gasteiger partial charge in [-0.3, -0.25) is 4.79 Å². The predicted molar refractivity (Wildman–Crippen MR) is 115 cm³/mol. The number of esters is 1. The molecule has 0 heterocycles. The summed E-state index contributed by atoms with van der Waals surface area (Å²) in [5.41, 5.74) is 1.31. The molecule has 0 aromatic heterocycles.